The van der Waals surface area contributed by atoms with Gasteiger partial charge in [-0.2, -0.15) is 0 Å². The van der Waals surface area contributed by atoms with Crippen molar-refractivity contribution in [2.75, 3.05) is 52.8 Å². The van der Waals surface area contributed by atoms with Crippen LogP contribution in [-0.4, -0.2) is 74.0 Å². The van der Waals surface area contributed by atoms with Crippen LogP contribution in [0.25, 0.3) is 11.1 Å². The molecule has 1 aromatic heterocycles. The number of quaternary nitrogens is 1. The highest BCUT2D eigenvalue weighted by molar-refractivity contribution is 5.91. The van der Waals surface area contributed by atoms with Crippen molar-refractivity contribution in [3.63, 3.8) is 0 Å². The van der Waals surface area contributed by atoms with Crippen LogP contribution in [0.2, 0.25) is 0 Å². The summed E-state index contributed by atoms with van der Waals surface area (Å²) in [6.45, 7) is 5.95. The summed E-state index contributed by atoms with van der Waals surface area (Å²) in [4.78, 5) is 20.3. The van der Waals surface area contributed by atoms with Crippen molar-refractivity contribution >= 4 is 11.8 Å². The number of piperidine rings is 1. The molecular weight excluding hydrogens is 612 g/mol. The van der Waals surface area contributed by atoms with Crippen molar-refractivity contribution in [2.24, 2.45) is 0 Å². The number of likely N-dealkylation sites (tertiary alicyclic amines) is 1. The summed E-state index contributed by atoms with van der Waals surface area (Å²) in [6.07, 6.45) is 5.77. The highest BCUT2D eigenvalue weighted by Gasteiger charge is 2.24. The maximum Gasteiger partial charge on any atom is 0.411 e. The minimum absolute atomic E-state index is 0.0940. The van der Waals surface area contributed by atoms with E-state index in [-0.39, 0.29) is 6.10 Å². The molecule has 0 radical (unpaired) electrons. The number of pyridine rings is 1. The van der Waals surface area contributed by atoms with Gasteiger partial charge >= 0.3 is 6.09 Å². The Morgan fingerprint density at radius 1 is 0.837 bits per heavy atom. The number of carbonyl (C=O) groups excluding carboxylic acids is 1. The number of benzene rings is 3. The number of rotatable bonds is 17. The normalized spacial score (nSPS) is 14.0. The van der Waals surface area contributed by atoms with Gasteiger partial charge in [-0.25, -0.2) is 4.79 Å². The fraction of sp³-hybridized carbons (Fsp3) is 0.415. The molecule has 0 unspecified atom stereocenters. The molecule has 5 rings (SSSR count). The van der Waals surface area contributed by atoms with Gasteiger partial charge in [0.2, 0.25) is 0 Å². The molecule has 1 amide bonds. The first-order valence-electron chi connectivity index (χ1n) is 17.7. The minimum atomic E-state index is -0.397. The Morgan fingerprint density at radius 2 is 1.55 bits per heavy atom. The van der Waals surface area contributed by atoms with Crippen molar-refractivity contribution in [3.8, 4) is 16.9 Å². The zero-order valence-electron chi connectivity index (χ0n) is 29.5. The monoisotopic (exact) mass is 665 g/mol. The van der Waals surface area contributed by atoms with Gasteiger partial charge in [-0.3, -0.25) is 15.2 Å². The highest BCUT2D eigenvalue weighted by Crippen LogP contribution is 2.28. The van der Waals surface area contributed by atoms with Gasteiger partial charge in [-0.05, 0) is 61.9 Å². The minimum Gasteiger partial charge on any atom is -0.496 e. The molecule has 1 aliphatic rings. The second-order valence-electron chi connectivity index (χ2n) is 13.6. The molecule has 8 nitrogen and oxygen atoms in total. The fourth-order valence-electron chi connectivity index (χ4n) is 6.49. The van der Waals surface area contributed by atoms with Crippen molar-refractivity contribution in [3.05, 3.63) is 114 Å². The number of hydrogen-bond acceptors (Lipinski definition) is 6. The number of anilines is 1. The van der Waals surface area contributed by atoms with Gasteiger partial charge in [-0.15, -0.1) is 0 Å². The van der Waals surface area contributed by atoms with E-state index < -0.39 is 6.09 Å². The van der Waals surface area contributed by atoms with Crippen LogP contribution in [0.3, 0.4) is 0 Å². The molecule has 1 aliphatic heterocycles. The third kappa shape index (κ3) is 11.7. The standard InChI is InChI=1S/C41H52N4O4/c1-45(2,28-13-4-5-14-29-48-32-34-18-9-12-23-40(34)47-3)31-36-20-15-19-35(42-36)30-44-26-24-37(25-27-44)49-41(46)43-39-22-11-10-21-38(39)33-16-7-6-8-17-33/h6-12,15-23,37H,4-5,13-14,24-32H2,1-3H3/p+1. The maximum absolute atomic E-state index is 12.8. The second kappa shape index (κ2) is 18.5. The molecule has 1 saturated heterocycles. The Labute approximate surface area is 292 Å². The summed E-state index contributed by atoms with van der Waals surface area (Å²) >= 11 is 0. The Hall–Kier alpha value is -4.24. The first-order chi connectivity index (χ1) is 23.9. The van der Waals surface area contributed by atoms with Crippen LogP contribution < -0.4 is 10.1 Å². The lowest BCUT2D eigenvalue weighted by atomic mass is 10.0. The van der Waals surface area contributed by atoms with Crippen molar-refractivity contribution in [1.29, 1.82) is 0 Å². The molecular formula is C41H53N4O4+. The zero-order valence-corrected chi connectivity index (χ0v) is 29.5. The molecule has 0 aliphatic carbocycles. The number of carbonyl (C=O) groups is 1. The number of unbranched alkanes of at least 4 members (excludes halogenated alkanes) is 3. The lowest BCUT2D eigenvalue weighted by Crippen LogP contribution is -2.40. The van der Waals surface area contributed by atoms with Crippen LogP contribution >= 0.6 is 0 Å². The average molecular weight is 666 g/mol. The first kappa shape index (κ1) is 36.1. The van der Waals surface area contributed by atoms with Gasteiger partial charge in [0, 0.05) is 37.4 Å². The summed E-state index contributed by atoms with van der Waals surface area (Å²) in [7, 11) is 6.30. The summed E-state index contributed by atoms with van der Waals surface area (Å²) in [5.74, 6) is 0.887. The number of hydrogen-bond donors (Lipinski definition) is 1. The number of methoxy groups -OCH3 is 1. The van der Waals surface area contributed by atoms with Crippen LogP contribution in [0.4, 0.5) is 10.5 Å². The quantitative estimate of drug-likeness (QED) is 0.0904. The van der Waals surface area contributed by atoms with Crippen molar-refractivity contribution < 1.29 is 23.5 Å². The van der Waals surface area contributed by atoms with Crippen LogP contribution in [0.5, 0.6) is 5.75 Å². The molecule has 3 aromatic carbocycles. The Balaban J connectivity index is 0.975. The second-order valence-corrected chi connectivity index (χ2v) is 13.6. The molecule has 4 aromatic rings. The van der Waals surface area contributed by atoms with E-state index in [2.05, 4.69) is 48.6 Å². The van der Waals surface area contributed by atoms with Crippen LogP contribution in [0.15, 0.2) is 97.1 Å². The van der Waals surface area contributed by atoms with E-state index in [1.54, 1.807) is 7.11 Å². The fourth-order valence-corrected chi connectivity index (χ4v) is 6.49. The third-order valence-corrected chi connectivity index (χ3v) is 9.15. The number of aromatic nitrogens is 1. The Kier molecular flexibility index (Phi) is 13.6. The summed E-state index contributed by atoms with van der Waals surface area (Å²) in [6, 6.07) is 32.3. The lowest BCUT2D eigenvalue weighted by Gasteiger charge is -2.32. The SMILES string of the molecule is COc1ccccc1COCCCCCC[N+](C)(C)Cc1cccc(CN2CCC(OC(=O)Nc3ccccc3-c3ccccc3)CC2)n1. The number of nitrogens with one attached hydrogen (secondary N) is 1. The van der Waals surface area contributed by atoms with E-state index in [1.807, 2.05) is 72.8 Å². The van der Waals surface area contributed by atoms with Crippen LogP contribution in [0, 0.1) is 0 Å². The predicted octanol–water partition coefficient (Wildman–Crippen LogP) is 8.32. The largest absolute Gasteiger partial charge is 0.496 e. The predicted molar refractivity (Wildman–Crippen MR) is 196 cm³/mol. The molecule has 0 saturated carbocycles. The Bertz CT molecular complexity index is 1590. The average Bonchev–Trinajstić information content (AvgIpc) is 3.11. The number of nitrogens with zero attached hydrogens (tertiary/aromatic N) is 3. The molecule has 49 heavy (non-hydrogen) atoms. The lowest BCUT2D eigenvalue weighted by molar-refractivity contribution is -0.904. The number of amides is 1. The molecule has 0 spiro atoms. The van der Waals surface area contributed by atoms with Crippen LogP contribution in [0.1, 0.15) is 55.5 Å². The molecule has 1 fully saturated rings. The maximum atomic E-state index is 12.8. The molecule has 8 heteroatoms. The van der Waals surface area contributed by atoms with E-state index in [4.69, 9.17) is 19.2 Å². The first-order valence-corrected chi connectivity index (χ1v) is 17.7. The summed E-state index contributed by atoms with van der Waals surface area (Å²) < 4.78 is 18.1. The van der Waals surface area contributed by atoms with Crippen molar-refractivity contribution in [2.45, 2.75) is 64.3 Å². The van der Waals surface area contributed by atoms with Gasteiger partial charge in [0.25, 0.3) is 0 Å². The van der Waals surface area contributed by atoms with E-state index in [1.165, 1.54) is 19.3 Å². The van der Waals surface area contributed by atoms with Gasteiger partial charge in [-0.1, -0.05) is 79.2 Å². The summed E-state index contributed by atoms with van der Waals surface area (Å²) in [5, 5.41) is 2.97. The molecule has 0 bridgehead atoms. The van der Waals surface area contributed by atoms with Crippen molar-refractivity contribution in [1.82, 2.24) is 9.88 Å². The topological polar surface area (TPSA) is 72.9 Å². The number of ether oxygens (including phenoxy) is 3. The molecule has 0 atom stereocenters. The van der Waals surface area contributed by atoms with E-state index in [0.717, 1.165) is 103 Å². The third-order valence-electron chi connectivity index (χ3n) is 9.15. The van der Waals surface area contributed by atoms with Gasteiger partial charge < -0.3 is 18.7 Å². The van der Waals surface area contributed by atoms with E-state index in [0.29, 0.717) is 6.61 Å². The summed E-state index contributed by atoms with van der Waals surface area (Å²) in [5.41, 5.74) is 6.12. The van der Waals surface area contributed by atoms with E-state index >= 15 is 0 Å². The van der Waals surface area contributed by atoms with Crippen LogP contribution in [-0.2, 0) is 29.2 Å². The van der Waals surface area contributed by atoms with Gasteiger partial charge in [0.1, 0.15) is 18.4 Å². The molecule has 260 valence electrons. The number of para-hydroxylation sites is 2. The smallest absolute Gasteiger partial charge is 0.411 e. The highest BCUT2D eigenvalue weighted by atomic mass is 16.6. The Morgan fingerprint density at radius 3 is 2.37 bits per heavy atom. The zero-order chi connectivity index (χ0) is 34.3. The molecule has 1 N–H and O–H groups in total. The van der Waals surface area contributed by atoms with Gasteiger partial charge in [0.05, 0.1) is 51.4 Å². The van der Waals surface area contributed by atoms with E-state index in [9.17, 15) is 4.79 Å². The van der Waals surface area contributed by atoms with Gasteiger partial charge in [0.15, 0.2) is 0 Å². The molecule has 2 heterocycles.